The van der Waals surface area contributed by atoms with Crippen LogP contribution in [0.2, 0.25) is 0 Å². The molecule has 2 fully saturated rings. The number of methoxy groups -OCH3 is 2. The second kappa shape index (κ2) is 13.8. The molecular formula is C34H44N6O4. The standard InChI is InChI=1S/C34H44N6O4/c1-43-30-18-23-13-14-32(42)40-20-24-17-27(21-39(19-24)22-28-33(37-38-36-28)25-8-4-3-5-9-25)29(40)11-6-12-31(41)35-15-7-10-26(16-23)34(30)44-2/h3-5,8-9,16,18,24,27,29H,6-7,10-15,17,19-22H2,1-2H3,(H,35,41)(H,36,37,38)/t24-,27-,29-/m0/s1. The zero-order chi connectivity index (χ0) is 30.5. The number of fused-ring (bicyclic) bond motifs is 6. The van der Waals surface area contributed by atoms with Crippen LogP contribution in [0.15, 0.2) is 42.5 Å². The normalized spacial score (nSPS) is 23.5. The monoisotopic (exact) mass is 600 g/mol. The number of carbonyl (C=O) groups excluding carboxylic acids is 2. The van der Waals surface area contributed by atoms with Gasteiger partial charge in [-0.05, 0) is 67.6 Å². The van der Waals surface area contributed by atoms with Crippen molar-refractivity contribution in [2.24, 2.45) is 11.8 Å². The summed E-state index contributed by atoms with van der Waals surface area (Å²) in [5.41, 5.74) is 5.02. The van der Waals surface area contributed by atoms with Crippen LogP contribution in [0.5, 0.6) is 11.5 Å². The van der Waals surface area contributed by atoms with Gasteiger partial charge in [0.15, 0.2) is 11.5 Å². The highest BCUT2D eigenvalue weighted by molar-refractivity contribution is 5.77. The molecule has 10 nitrogen and oxygen atoms in total. The zero-order valence-electron chi connectivity index (χ0n) is 25.9. The number of benzene rings is 2. The first kappa shape index (κ1) is 30.1. The smallest absolute Gasteiger partial charge is 0.223 e. The molecule has 1 aromatic heterocycles. The highest BCUT2D eigenvalue weighted by atomic mass is 16.5. The lowest BCUT2D eigenvalue weighted by molar-refractivity contribution is -0.141. The van der Waals surface area contributed by atoms with Gasteiger partial charge in [0, 0.05) is 57.2 Å². The highest BCUT2D eigenvalue weighted by Gasteiger charge is 2.42. The molecular weight excluding hydrogens is 556 g/mol. The van der Waals surface area contributed by atoms with Gasteiger partial charge in [-0.25, -0.2) is 0 Å². The van der Waals surface area contributed by atoms with Crippen LogP contribution in [0.1, 0.15) is 55.3 Å². The van der Waals surface area contributed by atoms with Crippen LogP contribution < -0.4 is 14.8 Å². The maximum absolute atomic E-state index is 13.9. The summed E-state index contributed by atoms with van der Waals surface area (Å²) in [6.07, 6.45) is 5.87. The van der Waals surface area contributed by atoms with Crippen molar-refractivity contribution >= 4 is 11.8 Å². The van der Waals surface area contributed by atoms with Crippen molar-refractivity contribution in [3.05, 3.63) is 59.3 Å². The Labute approximate surface area is 259 Å². The Bertz CT molecular complexity index is 1440. The van der Waals surface area contributed by atoms with E-state index in [4.69, 9.17) is 9.47 Å². The number of aryl methyl sites for hydroxylation is 2. The molecule has 6 rings (SSSR count). The van der Waals surface area contributed by atoms with Crippen molar-refractivity contribution in [2.45, 2.75) is 64.0 Å². The second-order valence-corrected chi connectivity index (χ2v) is 12.5. The first-order chi connectivity index (χ1) is 21.5. The number of H-pyrrole nitrogens is 1. The number of aromatic nitrogens is 3. The number of rotatable bonds is 5. The lowest BCUT2D eigenvalue weighted by Crippen LogP contribution is -2.59. The number of piperidine rings is 2. The number of hydrogen-bond donors (Lipinski definition) is 2. The van der Waals surface area contributed by atoms with Crippen molar-refractivity contribution in [3.63, 3.8) is 0 Å². The van der Waals surface area contributed by atoms with Gasteiger partial charge in [0.25, 0.3) is 0 Å². The number of amides is 2. The van der Waals surface area contributed by atoms with Crippen molar-refractivity contribution in [3.8, 4) is 22.8 Å². The van der Waals surface area contributed by atoms with Crippen LogP contribution in [-0.4, -0.2) is 83.5 Å². The lowest BCUT2D eigenvalue weighted by atomic mass is 9.77. The average Bonchev–Trinajstić information content (AvgIpc) is 3.50. The van der Waals surface area contributed by atoms with Gasteiger partial charge in [-0.2, -0.15) is 15.4 Å². The van der Waals surface area contributed by atoms with E-state index in [2.05, 4.69) is 48.7 Å². The van der Waals surface area contributed by atoms with E-state index in [0.29, 0.717) is 43.4 Å². The van der Waals surface area contributed by atoms with E-state index in [1.807, 2.05) is 24.3 Å². The minimum atomic E-state index is 0.0756. The summed E-state index contributed by atoms with van der Waals surface area (Å²) in [5, 5.41) is 14.9. The van der Waals surface area contributed by atoms with Gasteiger partial charge in [0.05, 0.1) is 14.2 Å². The predicted octanol–water partition coefficient (Wildman–Crippen LogP) is 4.00. The van der Waals surface area contributed by atoms with E-state index < -0.39 is 0 Å². The SMILES string of the molecule is COc1cc2cc(c1OC)CCCNC(=O)CCC[C@H]1[C@H]3C[C@@H](CN(Cc4n[nH]nc4-c4ccccc4)C3)CN1C(=O)CC2. The molecule has 0 radical (unpaired) electrons. The number of nitrogens with zero attached hydrogens (tertiary/aromatic N) is 4. The summed E-state index contributed by atoms with van der Waals surface area (Å²) in [6, 6.07) is 14.4. The van der Waals surface area contributed by atoms with Crippen LogP contribution in [0.25, 0.3) is 11.3 Å². The van der Waals surface area contributed by atoms with Crippen molar-refractivity contribution in [2.75, 3.05) is 40.4 Å². The fraction of sp³-hybridized carbons (Fsp3) is 0.529. The quantitative estimate of drug-likeness (QED) is 0.455. The Morgan fingerprint density at radius 1 is 0.932 bits per heavy atom. The molecule has 4 heterocycles. The third-order valence-electron chi connectivity index (χ3n) is 9.50. The Morgan fingerprint density at radius 3 is 2.61 bits per heavy atom. The highest BCUT2D eigenvalue weighted by Crippen LogP contribution is 2.38. The second-order valence-electron chi connectivity index (χ2n) is 12.5. The molecule has 3 atom stereocenters. The molecule has 0 spiro atoms. The largest absolute Gasteiger partial charge is 0.493 e. The third-order valence-corrected chi connectivity index (χ3v) is 9.50. The van der Waals surface area contributed by atoms with Crippen molar-refractivity contribution < 1.29 is 19.1 Å². The molecule has 0 aliphatic carbocycles. The summed E-state index contributed by atoms with van der Waals surface area (Å²) in [7, 11) is 3.30. The molecule has 10 heteroatoms. The van der Waals surface area contributed by atoms with Crippen LogP contribution in [-0.2, 0) is 29.0 Å². The van der Waals surface area contributed by atoms with Gasteiger partial charge >= 0.3 is 0 Å². The summed E-state index contributed by atoms with van der Waals surface area (Å²) in [4.78, 5) is 31.3. The molecule has 3 aliphatic rings. The van der Waals surface area contributed by atoms with E-state index in [0.717, 1.165) is 92.1 Å². The maximum Gasteiger partial charge on any atom is 0.223 e. The first-order valence-electron chi connectivity index (χ1n) is 16.0. The van der Waals surface area contributed by atoms with E-state index in [1.165, 1.54) is 0 Å². The molecule has 4 bridgehead atoms. The van der Waals surface area contributed by atoms with Gasteiger partial charge in [-0.3, -0.25) is 14.5 Å². The number of likely N-dealkylation sites (tertiary alicyclic amines) is 1. The average molecular weight is 601 g/mol. The zero-order valence-corrected chi connectivity index (χ0v) is 25.9. The van der Waals surface area contributed by atoms with Crippen LogP contribution >= 0.6 is 0 Å². The molecule has 2 aromatic carbocycles. The Hall–Kier alpha value is -3.92. The summed E-state index contributed by atoms with van der Waals surface area (Å²) in [6.45, 7) is 3.92. The maximum atomic E-state index is 13.9. The molecule has 234 valence electrons. The summed E-state index contributed by atoms with van der Waals surface area (Å²) >= 11 is 0. The molecule has 2 saturated heterocycles. The molecule has 2 amide bonds. The van der Waals surface area contributed by atoms with E-state index in [1.54, 1.807) is 14.2 Å². The Balaban J connectivity index is 1.20. The van der Waals surface area contributed by atoms with Gasteiger partial charge in [-0.1, -0.05) is 36.4 Å². The van der Waals surface area contributed by atoms with Crippen LogP contribution in [0, 0.1) is 11.8 Å². The van der Waals surface area contributed by atoms with E-state index in [9.17, 15) is 9.59 Å². The molecule has 3 aliphatic heterocycles. The number of hydrogen-bond acceptors (Lipinski definition) is 7. The van der Waals surface area contributed by atoms with E-state index >= 15 is 0 Å². The van der Waals surface area contributed by atoms with Crippen molar-refractivity contribution in [1.29, 1.82) is 0 Å². The number of ether oxygens (including phenoxy) is 2. The van der Waals surface area contributed by atoms with Gasteiger partial charge in [0.2, 0.25) is 11.8 Å². The number of carbonyl (C=O) groups is 2. The Kier molecular flexibility index (Phi) is 9.45. The molecule has 0 saturated carbocycles. The minimum Gasteiger partial charge on any atom is -0.493 e. The minimum absolute atomic E-state index is 0.0756. The molecule has 44 heavy (non-hydrogen) atoms. The van der Waals surface area contributed by atoms with E-state index in [-0.39, 0.29) is 17.9 Å². The van der Waals surface area contributed by atoms with Gasteiger partial charge in [-0.15, -0.1) is 0 Å². The number of aromatic amines is 1. The topological polar surface area (TPSA) is 113 Å². The van der Waals surface area contributed by atoms with Crippen LogP contribution in [0.3, 0.4) is 0 Å². The summed E-state index contributed by atoms with van der Waals surface area (Å²) in [5.74, 6) is 2.45. The fourth-order valence-electron chi connectivity index (χ4n) is 7.54. The summed E-state index contributed by atoms with van der Waals surface area (Å²) < 4.78 is 11.3. The Morgan fingerprint density at radius 2 is 1.80 bits per heavy atom. The molecule has 2 N–H and O–H groups in total. The molecule has 3 aromatic rings. The first-order valence-corrected chi connectivity index (χ1v) is 16.0. The number of nitrogens with one attached hydrogen (secondary N) is 2. The fourth-order valence-corrected chi connectivity index (χ4v) is 7.54. The van der Waals surface area contributed by atoms with Gasteiger partial charge in [0.1, 0.15) is 11.4 Å². The lowest BCUT2D eigenvalue weighted by Gasteiger charge is -2.51. The third kappa shape index (κ3) is 6.75. The van der Waals surface area contributed by atoms with Crippen LogP contribution in [0.4, 0.5) is 0 Å². The van der Waals surface area contributed by atoms with Gasteiger partial charge < -0.3 is 19.7 Å². The molecule has 0 unspecified atom stereocenters. The predicted molar refractivity (Wildman–Crippen MR) is 167 cm³/mol. The van der Waals surface area contributed by atoms with Crippen molar-refractivity contribution in [1.82, 2.24) is 30.5 Å².